The van der Waals surface area contributed by atoms with E-state index in [9.17, 15) is 22.8 Å². The summed E-state index contributed by atoms with van der Waals surface area (Å²) >= 11 is 0. The zero-order valence-corrected chi connectivity index (χ0v) is 20.1. The summed E-state index contributed by atoms with van der Waals surface area (Å²) in [6.45, 7) is 3.85. The van der Waals surface area contributed by atoms with Crippen LogP contribution in [0.3, 0.4) is 0 Å². The fourth-order valence-electron chi connectivity index (χ4n) is 3.63. The standard InChI is InChI=1S/C24H29N3O6S/c1-3-13-26(16-22(28)25-21-8-5-4-7-18(21)2)23(29)17-33-24(30)19-9-11-20(12-10-19)27-14-6-15-34(27,31)32/h4-5,7-12H,3,6,13-17H2,1-2H3,(H,25,28). The number of sulfonamides is 1. The van der Waals surface area contributed by atoms with E-state index in [4.69, 9.17) is 4.74 Å². The van der Waals surface area contributed by atoms with E-state index in [1.807, 2.05) is 32.0 Å². The van der Waals surface area contributed by atoms with Crippen LogP contribution in [0.1, 0.15) is 35.7 Å². The maximum atomic E-state index is 12.6. The van der Waals surface area contributed by atoms with Crippen molar-refractivity contribution in [3.8, 4) is 0 Å². The number of nitrogens with one attached hydrogen (secondary N) is 1. The number of nitrogens with zero attached hydrogens (tertiary/aromatic N) is 2. The molecule has 34 heavy (non-hydrogen) atoms. The lowest BCUT2D eigenvalue weighted by molar-refractivity contribution is -0.137. The lowest BCUT2D eigenvalue weighted by Gasteiger charge is -2.22. The minimum atomic E-state index is -3.31. The first-order valence-corrected chi connectivity index (χ1v) is 12.7. The fourth-order valence-corrected chi connectivity index (χ4v) is 5.20. The Balaban J connectivity index is 1.55. The molecule has 0 atom stereocenters. The van der Waals surface area contributed by atoms with Gasteiger partial charge in [-0.05, 0) is 55.7 Å². The largest absolute Gasteiger partial charge is 0.452 e. The molecule has 0 radical (unpaired) electrons. The van der Waals surface area contributed by atoms with Crippen LogP contribution in [0.2, 0.25) is 0 Å². The Morgan fingerprint density at radius 1 is 1.09 bits per heavy atom. The van der Waals surface area contributed by atoms with Crippen molar-refractivity contribution < 1.29 is 27.5 Å². The Bertz CT molecular complexity index is 1150. The van der Waals surface area contributed by atoms with Gasteiger partial charge in [0.25, 0.3) is 5.91 Å². The van der Waals surface area contributed by atoms with Gasteiger partial charge in [0.15, 0.2) is 6.61 Å². The molecule has 0 spiro atoms. The molecule has 3 rings (SSSR count). The maximum absolute atomic E-state index is 12.6. The van der Waals surface area contributed by atoms with Crippen molar-refractivity contribution in [2.24, 2.45) is 0 Å². The second kappa shape index (κ2) is 11.1. The predicted molar refractivity (Wildman–Crippen MR) is 129 cm³/mol. The molecular formula is C24H29N3O6S. The minimum absolute atomic E-state index is 0.107. The Morgan fingerprint density at radius 2 is 1.79 bits per heavy atom. The summed E-state index contributed by atoms with van der Waals surface area (Å²) in [4.78, 5) is 38.8. The van der Waals surface area contributed by atoms with Crippen LogP contribution < -0.4 is 9.62 Å². The van der Waals surface area contributed by atoms with E-state index in [-0.39, 0.29) is 23.8 Å². The van der Waals surface area contributed by atoms with E-state index in [0.717, 1.165) is 5.56 Å². The van der Waals surface area contributed by atoms with Crippen molar-refractivity contribution in [2.75, 3.05) is 41.6 Å². The van der Waals surface area contributed by atoms with Gasteiger partial charge >= 0.3 is 5.97 Å². The molecule has 182 valence electrons. The van der Waals surface area contributed by atoms with Gasteiger partial charge in [0.05, 0.1) is 23.5 Å². The van der Waals surface area contributed by atoms with Crippen LogP contribution in [0.15, 0.2) is 48.5 Å². The molecule has 0 saturated carbocycles. The Hall–Kier alpha value is -3.40. The van der Waals surface area contributed by atoms with Gasteiger partial charge in [-0.2, -0.15) is 0 Å². The number of para-hydroxylation sites is 1. The first-order valence-electron chi connectivity index (χ1n) is 11.1. The number of esters is 1. The van der Waals surface area contributed by atoms with E-state index in [1.165, 1.54) is 21.3 Å². The number of aryl methyl sites for hydroxylation is 1. The topological polar surface area (TPSA) is 113 Å². The first-order chi connectivity index (χ1) is 16.2. The molecule has 2 aromatic rings. The molecule has 1 saturated heterocycles. The van der Waals surface area contributed by atoms with Crippen molar-refractivity contribution >= 4 is 39.2 Å². The lowest BCUT2D eigenvalue weighted by Crippen LogP contribution is -2.40. The van der Waals surface area contributed by atoms with Gasteiger partial charge in [0.1, 0.15) is 0 Å². The van der Waals surface area contributed by atoms with Crippen LogP contribution in [0, 0.1) is 6.92 Å². The number of hydrogen-bond donors (Lipinski definition) is 1. The van der Waals surface area contributed by atoms with E-state index in [1.54, 1.807) is 18.2 Å². The highest BCUT2D eigenvalue weighted by Crippen LogP contribution is 2.24. The third-order valence-electron chi connectivity index (χ3n) is 5.42. The Labute approximate surface area is 199 Å². The van der Waals surface area contributed by atoms with Crippen LogP contribution in [0.4, 0.5) is 11.4 Å². The van der Waals surface area contributed by atoms with E-state index in [0.29, 0.717) is 37.3 Å². The molecule has 1 aliphatic heterocycles. The SMILES string of the molecule is CCCN(CC(=O)Nc1ccccc1C)C(=O)COC(=O)c1ccc(N2CCCS2(=O)=O)cc1. The number of carbonyl (C=O) groups is 3. The second-order valence-electron chi connectivity index (χ2n) is 8.04. The number of amides is 2. The van der Waals surface area contributed by atoms with Crippen molar-refractivity contribution in [1.29, 1.82) is 0 Å². The number of anilines is 2. The van der Waals surface area contributed by atoms with Crippen LogP contribution in [0.25, 0.3) is 0 Å². The molecule has 10 heteroatoms. The van der Waals surface area contributed by atoms with Gasteiger partial charge < -0.3 is 15.0 Å². The van der Waals surface area contributed by atoms with Crippen molar-refractivity contribution in [2.45, 2.75) is 26.7 Å². The zero-order chi connectivity index (χ0) is 24.7. The minimum Gasteiger partial charge on any atom is -0.452 e. The summed E-state index contributed by atoms with van der Waals surface area (Å²) in [5.41, 5.74) is 2.27. The average Bonchev–Trinajstić information content (AvgIpc) is 3.17. The van der Waals surface area contributed by atoms with Gasteiger partial charge in [-0.15, -0.1) is 0 Å². The lowest BCUT2D eigenvalue weighted by atomic mass is 10.2. The molecule has 0 aliphatic carbocycles. The summed E-state index contributed by atoms with van der Waals surface area (Å²) in [6.07, 6.45) is 1.20. The summed E-state index contributed by atoms with van der Waals surface area (Å²) in [6, 6.07) is 13.4. The molecule has 2 aromatic carbocycles. The number of ether oxygens (including phenoxy) is 1. The molecule has 1 N–H and O–H groups in total. The number of benzene rings is 2. The van der Waals surface area contributed by atoms with Crippen LogP contribution in [-0.2, 0) is 24.3 Å². The summed E-state index contributed by atoms with van der Waals surface area (Å²) in [7, 11) is -3.31. The Kier molecular flexibility index (Phi) is 8.27. The van der Waals surface area contributed by atoms with Gasteiger partial charge in [-0.3, -0.25) is 13.9 Å². The zero-order valence-electron chi connectivity index (χ0n) is 19.3. The molecule has 1 aliphatic rings. The van der Waals surface area contributed by atoms with E-state index >= 15 is 0 Å². The summed E-state index contributed by atoms with van der Waals surface area (Å²) in [5.74, 6) is -1.41. The normalized spacial score (nSPS) is 14.5. The predicted octanol–water partition coefficient (Wildman–Crippen LogP) is 2.57. The van der Waals surface area contributed by atoms with Gasteiger partial charge in [-0.25, -0.2) is 13.2 Å². The molecule has 0 bridgehead atoms. The van der Waals surface area contributed by atoms with Crippen LogP contribution in [-0.4, -0.2) is 63.1 Å². The Morgan fingerprint density at radius 3 is 2.41 bits per heavy atom. The smallest absolute Gasteiger partial charge is 0.338 e. The maximum Gasteiger partial charge on any atom is 0.338 e. The molecule has 0 unspecified atom stereocenters. The summed E-state index contributed by atoms with van der Waals surface area (Å²) in [5, 5.41) is 2.79. The third-order valence-corrected chi connectivity index (χ3v) is 7.29. The fraction of sp³-hybridized carbons (Fsp3) is 0.375. The molecule has 1 heterocycles. The van der Waals surface area contributed by atoms with Crippen molar-refractivity contribution in [1.82, 2.24) is 4.90 Å². The number of rotatable bonds is 9. The van der Waals surface area contributed by atoms with Gasteiger partial charge in [-0.1, -0.05) is 25.1 Å². The van der Waals surface area contributed by atoms with E-state index in [2.05, 4.69) is 5.32 Å². The highest BCUT2D eigenvalue weighted by Gasteiger charge is 2.28. The monoisotopic (exact) mass is 487 g/mol. The van der Waals surface area contributed by atoms with Crippen molar-refractivity contribution in [3.63, 3.8) is 0 Å². The summed E-state index contributed by atoms with van der Waals surface area (Å²) < 4.78 is 30.5. The van der Waals surface area contributed by atoms with Gasteiger partial charge in [0, 0.05) is 18.8 Å². The highest BCUT2D eigenvalue weighted by atomic mass is 32.2. The highest BCUT2D eigenvalue weighted by molar-refractivity contribution is 7.93. The first kappa shape index (κ1) is 25.2. The van der Waals surface area contributed by atoms with E-state index < -0.39 is 28.5 Å². The van der Waals surface area contributed by atoms with Crippen molar-refractivity contribution in [3.05, 3.63) is 59.7 Å². The van der Waals surface area contributed by atoms with Crippen LogP contribution in [0.5, 0.6) is 0 Å². The molecular weight excluding hydrogens is 458 g/mol. The molecule has 2 amide bonds. The second-order valence-corrected chi connectivity index (χ2v) is 10.1. The van der Waals surface area contributed by atoms with Gasteiger partial charge in [0.2, 0.25) is 15.9 Å². The molecule has 1 fully saturated rings. The molecule has 9 nitrogen and oxygen atoms in total. The number of hydrogen-bond acceptors (Lipinski definition) is 6. The number of carbonyl (C=O) groups excluding carboxylic acids is 3. The quantitative estimate of drug-likeness (QED) is 0.544. The average molecular weight is 488 g/mol. The molecule has 0 aromatic heterocycles. The third kappa shape index (κ3) is 6.34. The van der Waals surface area contributed by atoms with Crippen LogP contribution >= 0.6 is 0 Å².